The molecule has 0 atom stereocenters. The predicted octanol–water partition coefficient (Wildman–Crippen LogP) is 6.07. The molecule has 0 fully saturated rings. The highest BCUT2D eigenvalue weighted by Gasteiger charge is 2.13. The fraction of sp³-hybridized carbons (Fsp3) is 0.179. The van der Waals surface area contributed by atoms with Crippen LogP contribution in [0.2, 0.25) is 5.02 Å². The SMILES string of the molecule is COc1ccc(C(=O)/C=C\Nc2cc(/C=C\c3cc(OC)c(OC)c(OC)c3)cc(Cl)c2OC)cc1O. The van der Waals surface area contributed by atoms with Crippen molar-refractivity contribution < 1.29 is 33.6 Å². The minimum Gasteiger partial charge on any atom is -0.504 e. The Morgan fingerprint density at radius 3 is 1.92 bits per heavy atom. The van der Waals surface area contributed by atoms with Crippen LogP contribution < -0.4 is 29.0 Å². The molecule has 0 aliphatic heterocycles. The maximum absolute atomic E-state index is 12.5. The van der Waals surface area contributed by atoms with E-state index >= 15 is 0 Å². The van der Waals surface area contributed by atoms with E-state index in [-0.39, 0.29) is 17.3 Å². The molecular formula is C28H28ClNO7. The van der Waals surface area contributed by atoms with E-state index in [1.165, 1.54) is 38.6 Å². The average molecular weight is 526 g/mol. The standard InChI is InChI=1S/C28H28ClNO7/c1-33-24-9-8-19(16-23(24)32)22(31)10-11-30-21-13-17(12-20(29)27(21)36-4)6-7-18-14-25(34-2)28(37-5)26(15-18)35-3/h6-16,30,32H,1-5H3/b7-6-,11-10-. The number of hydrogen-bond acceptors (Lipinski definition) is 8. The zero-order valence-corrected chi connectivity index (χ0v) is 21.9. The summed E-state index contributed by atoms with van der Waals surface area (Å²) in [4.78, 5) is 12.5. The van der Waals surface area contributed by atoms with E-state index in [4.69, 9.17) is 35.3 Å². The topological polar surface area (TPSA) is 95.5 Å². The molecule has 0 saturated heterocycles. The monoisotopic (exact) mass is 525 g/mol. The Bertz CT molecular complexity index is 1310. The molecule has 0 unspecified atom stereocenters. The summed E-state index contributed by atoms with van der Waals surface area (Å²) in [5.74, 6) is 1.87. The van der Waals surface area contributed by atoms with Gasteiger partial charge in [-0.05, 0) is 53.6 Å². The van der Waals surface area contributed by atoms with Crippen molar-refractivity contribution in [2.75, 3.05) is 40.9 Å². The van der Waals surface area contributed by atoms with Gasteiger partial charge in [0.15, 0.2) is 34.5 Å². The highest BCUT2D eigenvalue weighted by Crippen LogP contribution is 2.39. The number of methoxy groups -OCH3 is 5. The number of benzene rings is 3. The van der Waals surface area contributed by atoms with Crippen LogP contribution in [0.1, 0.15) is 21.5 Å². The molecule has 37 heavy (non-hydrogen) atoms. The first-order valence-corrected chi connectivity index (χ1v) is 11.4. The lowest BCUT2D eigenvalue weighted by molar-refractivity contribution is 0.104. The number of allylic oxidation sites excluding steroid dienone is 1. The van der Waals surface area contributed by atoms with Crippen molar-refractivity contribution in [3.63, 3.8) is 0 Å². The lowest BCUT2D eigenvalue weighted by atomic mass is 10.1. The molecule has 3 aromatic carbocycles. The molecule has 8 nitrogen and oxygen atoms in total. The summed E-state index contributed by atoms with van der Waals surface area (Å²) in [6.07, 6.45) is 6.56. The van der Waals surface area contributed by atoms with Crippen LogP contribution >= 0.6 is 11.6 Å². The number of nitrogens with one attached hydrogen (secondary N) is 1. The van der Waals surface area contributed by atoms with Crippen molar-refractivity contribution in [1.29, 1.82) is 0 Å². The molecule has 0 aromatic heterocycles. The van der Waals surface area contributed by atoms with Gasteiger partial charge in [-0.1, -0.05) is 23.8 Å². The largest absolute Gasteiger partial charge is 0.504 e. The van der Waals surface area contributed by atoms with Crippen molar-refractivity contribution in [1.82, 2.24) is 0 Å². The highest BCUT2D eigenvalue weighted by atomic mass is 35.5. The number of ether oxygens (including phenoxy) is 5. The normalized spacial score (nSPS) is 11.0. The molecule has 0 spiro atoms. The molecule has 0 heterocycles. The third-order valence-electron chi connectivity index (χ3n) is 5.36. The van der Waals surface area contributed by atoms with Gasteiger partial charge < -0.3 is 34.1 Å². The number of phenolic OH excluding ortho intramolecular Hbond substituents is 1. The van der Waals surface area contributed by atoms with E-state index in [1.54, 1.807) is 33.5 Å². The van der Waals surface area contributed by atoms with Crippen LogP contribution in [0.5, 0.6) is 34.5 Å². The summed E-state index contributed by atoms with van der Waals surface area (Å²) in [6.45, 7) is 0. The van der Waals surface area contributed by atoms with Crippen LogP contribution in [-0.4, -0.2) is 46.4 Å². The molecule has 0 aliphatic rings. The third kappa shape index (κ3) is 6.48. The van der Waals surface area contributed by atoms with Gasteiger partial charge in [0.25, 0.3) is 0 Å². The fourth-order valence-corrected chi connectivity index (χ4v) is 3.87. The number of hydrogen-bond donors (Lipinski definition) is 2. The number of rotatable bonds is 11. The summed E-state index contributed by atoms with van der Waals surface area (Å²) in [5, 5.41) is 13.3. The Labute approximate surface area is 220 Å². The van der Waals surface area contributed by atoms with Gasteiger partial charge >= 0.3 is 0 Å². The Balaban J connectivity index is 1.84. The van der Waals surface area contributed by atoms with E-state index in [2.05, 4.69) is 5.32 Å². The average Bonchev–Trinajstić information content (AvgIpc) is 2.90. The number of carbonyl (C=O) groups is 1. The number of anilines is 1. The quantitative estimate of drug-likeness (QED) is 0.177. The summed E-state index contributed by atoms with van der Waals surface area (Å²) in [5.41, 5.74) is 2.47. The lowest BCUT2D eigenvalue weighted by Crippen LogP contribution is -1.99. The van der Waals surface area contributed by atoms with Crippen molar-refractivity contribution in [2.24, 2.45) is 0 Å². The Morgan fingerprint density at radius 2 is 1.38 bits per heavy atom. The van der Waals surface area contributed by atoms with E-state index in [9.17, 15) is 9.90 Å². The molecule has 0 amide bonds. The second-order valence-corrected chi connectivity index (χ2v) is 8.01. The second-order valence-electron chi connectivity index (χ2n) is 7.60. The molecule has 194 valence electrons. The molecule has 0 aliphatic carbocycles. The molecule has 0 radical (unpaired) electrons. The van der Waals surface area contributed by atoms with Gasteiger partial charge in [0, 0.05) is 17.8 Å². The minimum atomic E-state index is -0.311. The van der Waals surface area contributed by atoms with E-state index in [1.807, 2.05) is 30.4 Å². The summed E-state index contributed by atoms with van der Waals surface area (Å²) in [7, 11) is 7.61. The van der Waals surface area contributed by atoms with Crippen LogP contribution in [-0.2, 0) is 0 Å². The van der Waals surface area contributed by atoms with Gasteiger partial charge in [0.1, 0.15) is 0 Å². The van der Waals surface area contributed by atoms with E-state index in [0.717, 1.165) is 11.1 Å². The maximum Gasteiger partial charge on any atom is 0.203 e. The number of halogens is 1. The van der Waals surface area contributed by atoms with E-state index < -0.39 is 0 Å². The first-order chi connectivity index (χ1) is 17.8. The summed E-state index contributed by atoms with van der Waals surface area (Å²) in [6, 6.07) is 11.7. The molecule has 3 rings (SSSR count). The fourth-order valence-electron chi connectivity index (χ4n) is 3.56. The van der Waals surface area contributed by atoms with Gasteiger partial charge in [-0.15, -0.1) is 0 Å². The van der Waals surface area contributed by atoms with Crippen LogP contribution in [0, 0.1) is 0 Å². The predicted molar refractivity (Wildman–Crippen MR) is 145 cm³/mol. The minimum absolute atomic E-state index is 0.116. The number of phenols is 1. The molecule has 3 aromatic rings. The van der Waals surface area contributed by atoms with Gasteiger partial charge in [0.05, 0.1) is 46.3 Å². The highest BCUT2D eigenvalue weighted by molar-refractivity contribution is 6.32. The third-order valence-corrected chi connectivity index (χ3v) is 5.64. The van der Waals surface area contributed by atoms with Crippen molar-refractivity contribution in [2.45, 2.75) is 0 Å². The van der Waals surface area contributed by atoms with Gasteiger partial charge in [-0.25, -0.2) is 0 Å². The van der Waals surface area contributed by atoms with Crippen molar-refractivity contribution >= 4 is 35.2 Å². The zero-order valence-electron chi connectivity index (χ0n) is 21.1. The van der Waals surface area contributed by atoms with Gasteiger partial charge in [-0.2, -0.15) is 0 Å². The van der Waals surface area contributed by atoms with Crippen LogP contribution in [0.4, 0.5) is 5.69 Å². The van der Waals surface area contributed by atoms with Crippen LogP contribution in [0.15, 0.2) is 54.7 Å². The Kier molecular flexibility index (Phi) is 9.29. The van der Waals surface area contributed by atoms with Crippen molar-refractivity contribution in [3.05, 3.63) is 76.5 Å². The second kappa shape index (κ2) is 12.6. The van der Waals surface area contributed by atoms with Crippen LogP contribution in [0.25, 0.3) is 12.2 Å². The maximum atomic E-state index is 12.5. The molecule has 2 N–H and O–H groups in total. The van der Waals surface area contributed by atoms with E-state index in [0.29, 0.717) is 39.3 Å². The number of carbonyl (C=O) groups excluding carboxylic acids is 1. The summed E-state index contributed by atoms with van der Waals surface area (Å²) >= 11 is 6.45. The Morgan fingerprint density at radius 1 is 0.784 bits per heavy atom. The van der Waals surface area contributed by atoms with Gasteiger partial charge in [0.2, 0.25) is 5.75 Å². The molecular weight excluding hydrogens is 498 g/mol. The molecule has 0 saturated carbocycles. The smallest absolute Gasteiger partial charge is 0.203 e. The van der Waals surface area contributed by atoms with Crippen molar-refractivity contribution in [3.8, 4) is 34.5 Å². The first-order valence-electron chi connectivity index (χ1n) is 11.0. The summed E-state index contributed by atoms with van der Waals surface area (Å²) < 4.78 is 26.6. The van der Waals surface area contributed by atoms with Gasteiger partial charge in [-0.3, -0.25) is 4.79 Å². The Hall–Kier alpha value is -4.30. The number of aromatic hydroxyl groups is 1. The zero-order chi connectivity index (χ0) is 26.9. The molecule has 0 bridgehead atoms. The molecule has 9 heteroatoms. The number of ketones is 1. The van der Waals surface area contributed by atoms with Crippen LogP contribution in [0.3, 0.4) is 0 Å². The first kappa shape index (κ1) is 27.3. The lowest BCUT2D eigenvalue weighted by Gasteiger charge is -2.13.